The van der Waals surface area contributed by atoms with E-state index in [1.807, 2.05) is 11.3 Å². The fourth-order valence-corrected chi connectivity index (χ4v) is 5.00. The minimum absolute atomic E-state index is 0.558. The Morgan fingerprint density at radius 2 is 1.80 bits per heavy atom. The Morgan fingerprint density at radius 3 is 2.33 bits per heavy atom. The molecule has 6 nitrogen and oxygen atoms in total. The van der Waals surface area contributed by atoms with Gasteiger partial charge in [0.05, 0.1) is 5.02 Å². The van der Waals surface area contributed by atoms with E-state index >= 15 is 0 Å². The number of nitrogens with one attached hydrogen (secondary N) is 1. The van der Waals surface area contributed by atoms with Crippen LogP contribution >= 0.6 is 22.9 Å². The zero-order valence-electron chi connectivity index (χ0n) is 17.3. The van der Waals surface area contributed by atoms with Crippen LogP contribution in [0.25, 0.3) is 10.1 Å². The molecule has 1 aromatic carbocycles. The molecule has 0 saturated carbocycles. The number of hydrogen-bond donors (Lipinski definition) is 3. The summed E-state index contributed by atoms with van der Waals surface area (Å²) in [5.74, 6) is -1.83. The number of carbonyl (C=O) groups is 2. The SMILES string of the molecule is CC(C)CN(Cc1sc2ccccc2c1Cl)C1CCNCC1.O=C(O)/C=C/C(=O)O. The average Bonchev–Trinajstić information content (AvgIpc) is 3.02. The highest BCUT2D eigenvalue weighted by molar-refractivity contribution is 7.19. The monoisotopic (exact) mass is 452 g/mol. The molecule has 0 aliphatic carbocycles. The Labute approximate surface area is 186 Å². The van der Waals surface area contributed by atoms with Crippen molar-refractivity contribution >= 4 is 45.0 Å². The molecular weight excluding hydrogens is 424 g/mol. The summed E-state index contributed by atoms with van der Waals surface area (Å²) in [6.45, 7) is 9.02. The van der Waals surface area contributed by atoms with Crippen molar-refractivity contribution in [3.8, 4) is 0 Å². The lowest BCUT2D eigenvalue weighted by atomic mass is 10.0. The maximum Gasteiger partial charge on any atom is 0.328 e. The minimum Gasteiger partial charge on any atom is -0.478 e. The molecule has 0 amide bonds. The second-order valence-corrected chi connectivity index (χ2v) is 9.16. The summed E-state index contributed by atoms with van der Waals surface area (Å²) in [5.41, 5.74) is 0. The van der Waals surface area contributed by atoms with Crippen molar-refractivity contribution in [2.75, 3.05) is 19.6 Å². The summed E-state index contributed by atoms with van der Waals surface area (Å²) in [7, 11) is 0. The number of piperidine rings is 1. The molecule has 0 radical (unpaired) electrons. The number of halogens is 1. The lowest BCUT2D eigenvalue weighted by Gasteiger charge is -2.35. The van der Waals surface area contributed by atoms with E-state index in [0.717, 1.165) is 31.2 Å². The van der Waals surface area contributed by atoms with Gasteiger partial charge in [-0.05, 0) is 37.9 Å². The number of carboxylic acid groups (broad SMARTS) is 2. The Hall–Kier alpha value is -1.93. The number of carboxylic acids is 2. The quantitative estimate of drug-likeness (QED) is 0.537. The first-order valence-corrected chi connectivity index (χ1v) is 11.2. The van der Waals surface area contributed by atoms with Crippen molar-refractivity contribution in [1.82, 2.24) is 10.2 Å². The van der Waals surface area contributed by atoms with Crippen LogP contribution in [-0.2, 0) is 16.1 Å². The van der Waals surface area contributed by atoms with Gasteiger partial charge in [-0.25, -0.2) is 9.59 Å². The van der Waals surface area contributed by atoms with Crippen molar-refractivity contribution in [3.63, 3.8) is 0 Å². The predicted octanol–water partition coefficient (Wildman–Crippen LogP) is 4.48. The first kappa shape index (κ1) is 24.3. The van der Waals surface area contributed by atoms with Crippen LogP contribution in [0.2, 0.25) is 5.02 Å². The summed E-state index contributed by atoms with van der Waals surface area (Å²) in [6.07, 6.45) is 3.61. The maximum atomic E-state index is 9.55. The second-order valence-electron chi connectivity index (χ2n) is 7.65. The lowest BCUT2D eigenvalue weighted by Crippen LogP contribution is -2.44. The highest BCUT2D eigenvalue weighted by Gasteiger charge is 2.23. The van der Waals surface area contributed by atoms with Gasteiger partial charge in [0.1, 0.15) is 0 Å². The van der Waals surface area contributed by atoms with Crippen molar-refractivity contribution < 1.29 is 19.8 Å². The van der Waals surface area contributed by atoms with Gasteiger partial charge in [-0.15, -0.1) is 11.3 Å². The van der Waals surface area contributed by atoms with Gasteiger partial charge >= 0.3 is 11.9 Å². The molecule has 1 aliphatic heterocycles. The van der Waals surface area contributed by atoms with Crippen LogP contribution in [0.4, 0.5) is 0 Å². The third-order valence-corrected chi connectivity index (χ3v) is 6.44. The van der Waals surface area contributed by atoms with Gasteiger partial charge in [0.15, 0.2) is 0 Å². The Balaban J connectivity index is 0.000000343. The summed E-state index contributed by atoms with van der Waals surface area (Å²) < 4.78 is 1.30. The van der Waals surface area contributed by atoms with Crippen LogP contribution in [0.5, 0.6) is 0 Å². The standard InChI is InChI=1S/C18H25ClN2S.C4H4O4/c1-13(2)11-21(14-7-9-20-10-8-14)12-17-18(19)15-5-3-4-6-16(15)22-17;5-3(6)1-2-4(7)8/h3-6,13-14,20H,7-12H2,1-2H3;1-2H,(H,5,6)(H,7,8)/b;2-1+. The van der Waals surface area contributed by atoms with E-state index in [1.54, 1.807) is 0 Å². The van der Waals surface area contributed by atoms with E-state index in [9.17, 15) is 9.59 Å². The number of benzene rings is 1. The van der Waals surface area contributed by atoms with Crippen molar-refractivity contribution in [3.05, 3.63) is 46.3 Å². The van der Waals surface area contributed by atoms with Gasteiger partial charge in [0.25, 0.3) is 0 Å². The molecule has 2 heterocycles. The second kappa shape index (κ2) is 12.1. The van der Waals surface area contributed by atoms with Crippen molar-refractivity contribution in [2.24, 2.45) is 5.92 Å². The first-order chi connectivity index (χ1) is 14.3. The van der Waals surface area contributed by atoms with Gasteiger partial charge in [0.2, 0.25) is 0 Å². The van der Waals surface area contributed by atoms with E-state index in [4.69, 9.17) is 21.8 Å². The molecular formula is C22H29ClN2O4S. The third kappa shape index (κ3) is 7.72. The highest BCUT2D eigenvalue weighted by atomic mass is 35.5. The molecule has 30 heavy (non-hydrogen) atoms. The normalized spacial score (nSPS) is 15.0. The maximum absolute atomic E-state index is 9.55. The smallest absolute Gasteiger partial charge is 0.328 e. The Bertz CT molecular complexity index is 859. The van der Waals surface area contributed by atoms with Gasteiger partial charge in [0, 0.05) is 46.2 Å². The van der Waals surface area contributed by atoms with Gasteiger partial charge < -0.3 is 15.5 Å². The number of rotatable bonds is 7. The van der Waals surface area contributed by atoms with Crippen LogP contribution in [0, 0.1) is 5.92 Å². The molecule has 1 aliphatic rings. The zero-order valence-corrected chi connectivity index (χ0v) is 18.9. The number of fused-ring (bicyclic) bond motifs is 1. The number of thiophene rings is 1. The lowest BCUT2D eigenvalue weighted by molar-refractivity contribution is -0.134. The summed E-state index contributed by atoms with van der Waals surface area (Å²) >= 11 is 8.50. The van der Waals surface area contributed by atoms with E-state index in [1.165, 1.54) is 27.8 Å². The van der Waals surface area contributed by atoms with Crippen LogP contribution in [-0.4, -0.2) is 52.7 Å². The molecule has 1 fully saturated rings. The molecule has 0 unspecified atom stereocenters. The minimum atomic E-state index is -1.26. The summed E-state index contributed by atoms with van der Waals surface area (Å²) in [5, 5.41) is 21.3. The molecule has 3 N–H and O–H groups in total. The largest absolute Gasteiger partial charge is 0.478 e. The van der Waals surface area contributed by atoms with Gasteiger partial charge in [-0.1, -0.05) is 43.6 Å². The fourth-order valence-electron chi connectivity index (χ4n) is 3.48. The van der Waals surface area contributed by atoms with E-state index < -0.39 is 11.9 Å². The zero-order chi connectivity index (χ0) is 22.1. The molecule has 1 aromatic heterocycles. The number of hydrogen-bond acceptors (Lipinski definition) is 5. The molecule has 0 atom stereocenters. The van der Waals surface area contributed by atoms with Crippen LogP contribution in [0.1, 0.15) is 31.6 Å². The number of aliphatic carboxylic acids is 2. The molecule has 8 heteroatoms. The summed E-state index contributed by atoms with van der Waals surface area (Å²) in [6, 6.07) is 9.16. The van der Waals surface area contributed by atoms with Crippen molar-refractivity contribution in [2.45, 2.75) is 39.3 Å². The van der Waals surface area contributed by atoms with E-state index in [2.05, 4.69) is 48.3 Å². The Kier molecular flexibility index (Phi) is 9.78. The molecule has 0 bridgehead atoms. The predicted molar refractivity (Wildman–Crippen MR) is 122 cm³/mol. The number of nitrogens with zero attached hydrogens (tertiary/aromatic N) is 1. The van der Waals surface area contributed by atoms with E-state index in [0.29, 0.717) is 24.1 Å². The molecule has 164 valence electrons. The topological polar surface area (TPSA) is 89.9 Å². The molecule has 0 spiro atoms. The highest BCUT2D eigenvalue weighted by Crippen LogP contribution is 2.36. The summed E-state index contributed by atoms with van der Waals surface area (Å²) in [4.78, 5) is 23.1. The van der Waals surface area contributed by atoms with Crippen LogP contribution in [0.3, 0.4) is 0 Å². The fraction of sp³-hybridized carbons (Fsp3) is 0.455. The molecule has 2 aromatic rings. The van der Waals surface area contributed by atoms with Gasteiger partial charge in [-0.3, -0.25) is 4.90 Å². The molecule has 1 saturated heterocycles. The van der Waals surface area contributed by atoms with Crippen molar-refractivity contribution in [1.29, 1.82) is 0 Å². The van der Waals surface area contributed by atoms with E-state index in [-0.39, 0.29) is 0 Å². The van der Waals surface area contributed by atoms with Crippen LogP contribution < -0.4 is 5.32 Å². The molecule has 3 rings (SSSR count). The Morgan fingerprint density at radius 1 is 1.20 bits per heavy atom. The first-order valence-electron chi connectivity index (χ1n) is 10.0. The average molecular weight is 453 g/mol. The van der Waals surface area contributed by atoms with Gasteiger partial charge in [-0.2, -0.15) is 0 Å². The third-order valence-electron chi connectivity index (χ3n) is 4.74. The van der Waals surface area contributed by atoms with Crippen LogP contribution in [0.15, 0.2) is 36.4 Å².